The molecule has 1 aromatic rings. The van der Waals surface area contributed by atoms with Gasteiger partial charge >= 0.3 is 5.97 Å². The van der Waals surface area contributed by atoms with Crippen LogP contribution in [0.2, 0.25) is 0 Å². The number of rotatable bonds is 10. The molecule has 3 nitrogen and oxygen atoms in total. The van der Waals surface area contributed by atoms with Crippen LogP contribution in [0.5, 0.6) is 0 Å². The molecule has 0 saturated carbocycles. The van der Waals surface area contributed by atoms with Crippen LogP contribution in [0.3, 0.4) is 0 Å². The van der Waals surface area contributed by atoms with Crippen LogP contribution < -0.4 is 5.32 Å². The van der Waals surface area contributed by atoms with Gasteiger partial charge in [-0.15, -0.1) is 0 Å². The maximum absolute atomic E-state index is 11.7. The number of hydrogen-bond donors (Lipinski definition) is 2. The Morgan fingerprint density at radius 3 is 2.50 bits per heavy atom. The van der Waals surface area contributed by atoms with Gasteiger partial charge in [-0.1, -0.05) is 50.1 Å². The van der Waals surface area contributed by atoms with E-state index in [0.717, 1.165) is 17.1 Å². The molecular formula is C16H25NO2S. The summed E-state index contributed by atoms with van der Waals surface area (Å²) < 4.78 is 0. The van der Waals surface area contributed by atoms with Crippen molar-refractivity contribution < 1.29 is 9.90 Å². The van der Waals surface area contributed by atoms with Crippen molar-refractivity contribution in [2.45, 2.75) is 38.1 Å². The van der Waals surface area contributed by atoms with Gasteiger partial charge in [0.25, 0.3) is 0 Å². The SMILES string of the molecule is CCCCCSCCC(NC)(C(=O)O)c1ccccc1. The van der Waals surface area contributed by atoms with Crippen molar-refractivity contribution in [2.75, 3.05) is 18.6 Å². The summed E-state index contributed by atoms with van der Waals surface area (Å²) in [7, 11) is 1.73. The summed E-state index contributed by atoms with van der Waals surface area (Å²) in [6, 6.07) is 9.45. The highest BCUT2D eigenvalue weighted by Gasteiger charge is 2.38. The lowest BCUT2D eigenvalue weighted by molar-refractivity contribution is -0.145. The topological polar surface area (TPSA) is 49.3 Å². The smallest absolute Gasteiger partial charge is 0.328 e. The molecule has 0 bridgehead atoms. The first-order chi connectivity index (χ1) is 9.67. The Labute approximate surface area is 126 Å². The van der Waals surface area contributed by atoms with Gasteiger partial charge in [-0.05, 0) is 37.0 Å². The number of carboxylic acids is 1. The fourth-order valence-corrected chi connectivity index (χ4v) is 3.32. The van der Waals surface area contributed by atoms with E-state index in [9.17, 15) is 9.90 Å². The molecule has 2 N–H and O–H groups in total. The molecule has 0 amide bonds. The van der Waals surface area contributed by atoms with E-state index in [1.54, 1.807) is 7.05 Å². The second kappa shape index (κ2) is 9.03. The molecule has 0 fully saturated rings. The van der Waals surface area contributed by atoms with Crippen molar-refractivity contribution in [3.63, 3.8) is 0 Å². The molecule has 0 aliphatic heterocycles. The summed E-state index contributed by atoms with van der Waals surface area (Å²) >= 11 is 1.84. The van der Waals surface area contributed by atoms with Crippen molar-refractivity contribution in [3.05, 3.63) is 35.9 Å². The van der Waals surface area contributed by atoms with Gasteiger partial charge in [-0.3, -0.25) is 0 Å². The summed E-state index contributed by atoms with van der Waals surface area (Å²) in [6.07, 6.45) is 4.29. The molecule has 112 valence electrons. The van der Waals surface area contributed by atoms with Gasteiger partial charge in [0.05, 0.1) is 0 Å². The van der Waals surface area contributed by atoms with E-state index in [0.29, 0.717) is 6.42 Å². The number of nitrogens with one attached hydrogen (secondary N) is 1. The maximum atomic E-state index is 11.7. The lowest BCUT2D eigenvalue weighted by Crippen LogP contribution is -2.47. The van der Waals surface area contributed by atoms with E-state index in [2.05, 4.69) is 12.2 Å². The molecule has 20 heavy (non-hydrogen) atoms. The Morgan fingerprint density at radius 1 is 1.25 bits per heavy atom. The van der Waals surface area contributed by atoms with E-state index in [-0.39, 0.29) is 0 Å². The first kappa shape index (κ1) is 17.1. The standard InChI is InChI=1S/C16H25NO2S/c1-3-4-8-12-20-13-11-16(17-2,15(18)19)14-9-6-5-7-10-14/h5-7,9-10,17H,3-4,8,11-13H2,1-2H3,(H,18,19). The van der Waals surface area contributed by atoms with Crippen molar-refractivity contribution in [2.24, 2.45) is 0 Å². The Hall–Kier alpha value is -1.00. The molecule has 1 rings (SSSR count). The predicted molar refractivity (Wildman–Crippen MR) is 86.3 cm³/mol. The molecule has 0 aliphatic rings. The molecule has 0 spiro atoms. The molecule has 4 heteroatoms. The van der Waals surface area contributed by atoms with Crippen LogP contribution in [0.1, 0.15) is 38.2 Å². The minimum atomic E-state index is -0.973. The fraction of sp³-hybridized carbons (Fsp3) is 0.562. The van der Waals surface area contributed by atoms with Gasteiger partial charge in [0.15, 0.2) is 0 Å². The van der Waals surface area contributed by atoms with Crippen LogP contribution in [0.25, 0.3) is 0 Å². The first-order valence-electron chi connectivity index (χ1n) is 7.23. The molecule has 0 aliphatic carbocycles. The fourth-order valence-electron chi connectivity index (χ4n) is 2.26. The summed E-state index contributed by atoms with van der Waals surface area (Å²) in [4.78, 5) is 11.7. The van der Waals surface area contributed by atoms with E-state index < -0.39 is 11.5 Å². The van der Waals surface area contributed by atoms with E-state index in [4.69, 9.17) is 0 Å². The van der Waals surface area contributed by atoms with Crippen LogP contribution >= 0.6 is 11.8 Å². The summed E-state index contributed by atoms with van der Waals surface area (Å²) in [5.74, 6) is 1.16. The maximum Gasteiger partial charge on any atom is 0.328 e. The predicted octanol–water partition coefficient (Wildman–Crippen LogP) is 3.50. The average molecular weight is 295 g/mol. The number of thioether (sulfide) groups is 1. The first-order valence-corrected chi connectivity index (χ1v) is 8.38. The zero-order valence-corrected chi connectivity index (χ0v) is 13.2. The van der Waals surface area contributed by atoms with Gasteiger partial charge < -0.3 is 10.4 Å². The van der Waals surface area contributed by atoms with Crippen molar-refractivity contribution in [1.29, 1.82) is 0 Å². The summed E-state index contributed by atoms with van der Waals surface area (Å²) in [5, 5.41) is 12.7. The molecule has 1 unspecified atom stereocenters. The van der Waals surface area contributed by atoms with Gasteiger partial charge in [0.2, 0.25) is 0 Å². The van der Waals surface area contributed by atoms with Gasteiger partial charge in [-0.25, -0.2) is 4.79 Å². The van der Waals surface area contributed by atoms with Gasteiger partial charge in [-0.2, -0.15) is 11.8 Å². The van der Waals surface area contributed by atoms with E-state index >= 15 is 0 Å². The molecule has 0 heterocycles. The lowest BCUT2D eigenvalue weighted by Gasteiger charge is -2.29. The number of carbonyl (C=O) groups is 1. The molecule has 1 atom stereocenters. The number of benzene rings is 1. The minimum Gasteiger partial charge on any atom is -0.480 e. The minimum absolute atomic E-state index is 0.597. The Kier molecular flexibility index (Phi) is 7.70. The molecule has 0 saturated heterocycles. The van der Waals surface area contributed by atoms with Gasteiger partial charge in [0.1, 0.15) is 5.54 Å². The Morgan fingerprint density at radius 2 is 1.95 bits per heavy atom. The van der Waals surface area contributed by atoms with Crippen molar-refractivity contribution >= 4 is 17.7 Å². The highest BCUT2D eigenvalue weighted by Crippen LogP contribution is 2.27. The van der Waals surface area contributed by atoms with Crippen LogP contribution in [0.4, 0.5) is 0 Å². The second-order valence-corrected chi connectivity index (χ2v) is 6.12. The molecular weight excluding hydrogens is 270 g/mol. The monoisotopic (exact) mass is 295 g/mol. The zero-order valence-electron chi connectivity index (χ0n) is 12.4. The number of hydrogen-bond acceptors (Lipinski definition) is 3. The lowest BCUT2D eigenvalue weighted by atomic mass is 9.87. The highest BCUT2D eigenvalue weighted by molar-refractivity contribution is 7.99. The van der Waals surface area contributed by atoms with Crippen molar-refractivity contribution in [1.82, 2.24) is 5.32 Å². The Bertz CT molecular complexity index is 397. The largest absolute Gasteiger partial charge is 0.480 e. The van der Waals surface area contributed by atoms with Gasteiger partial charge in [0, 0.05) is 0 Å². The third kappa shape index (κ3) is 4.53. The third-order valence-electron chi connectivity index (χ3n) is 3.57. The van der Waals surface area contributed by atoms with E-state index in [1.807, 2.05) is 42.1 Å². The molecule has 0 radical (unpaired) electrons. The summed E-state index contributed by atoms with van der Waals surface area (Å²) in [6.45, 7) is 2.19. The van der Waals surface area contributed by atoms with Crippen molar-refractivity contribution in [3.8, 4) is 0 Å². The zero-order chi connectivity index (χ0) is 14.8. The summed E-state index contributed by atoms with van der Waals surface area (Å²) in [5.41, 5.74) is -0.150. The highest BCUT2D eigenvalue weighted by atomic mass is 32.2. The second-order valence-electron chi connectivity index (χ2n) is 4.90. The quantitative estimate of drug-likeness (QED) is 0.649. The molecule has 1 aromatic carbocycles. The third-order valence-corrected chi connectivity index (χ3v) is 4.64. The number of likely N-dealkylation sites (N-methyl/N-ethyl adjacent to an activating group) is 1. The number of aliphatic carboxylic acids is 1. The normalized spacial score (nSPS) is 13.9. The van der Waals surface area contributed by atoms with Crippen LogP contribution in [0.15, 0.2) is 30.3 Å². The van der Waals surface area contributed by atoms with Crippen LogP contribution in [-0.4, -0.2) is 29.6 Å². The Balaban J connectivity index is 2.64. The van der Waals surface area contributed by atoms with Crippen LogP contribution in [-0.2, 0) is 10.3 Å². The van der Waals surface area contributed by atoms with E-state index in [1.165, 1.54) is 19.3 Å². The number of unbranched alkanes of at least 4 members (excludes halogenated alkanes) is 2. The number of carboxylic acid groups (broad SMARTS) is 1. The molecule has 0 aromatic heterocycles. The average Bonchev–Trinajstić information content (AvgIpc) is 2.47. The van der Waals surface area contributed by atoms with Crippen LogP contribution in [0, 0.1) is 0 Å².